The van der Waals surface area contributed by atoms with Crippen LogP contribution in [0.5, 0.6) is 0 Å². The lowest BCUT2D eigenvalue weighted by atomic mass is 10.1. The number of primary sulfonamides is 1. The van der Waals surface area contributed by atoms with Crippen LogP contribution >= 0.6 is 11.6 Å². The SMILES string of the molecule is NS(=O)(=O)CC1CC(=O)N([C@@H](C(=O)O)c2ccccc2Cl)C1. The van der Waals surface area contributed by atoms with Crippen molar-refractivity contribution in [1.29, 1.82) is 0 Å². The summed E-state index contributed by atoms with van der Waals surface area (Å²) in [6, 6.07) is 5.10. The molecule has 1 saturated heterocycles. The Kier molecular flexibility index (Phi) is 4.74. The van der Waals surface area contributed by atoms with Gasteiger partial charge >= 0.3 is 5.97 Å². The predicted octanol–water partition coefficient (Wildman–Crippen LogP) is 0.603. The van der Waals surface area contributed by atoms with E-state index in [4.69, 9.17) is 16.7 Å². The molecule has 1 aliphatic heterocycles. The van der Waals surface area contributed by atoms with E-state index >= 15 is 0 Å². The Balaban J connectivity index is 2.29. The van der Waals surface area contributed by atoms with Crippen LogP contribution in [0.3, 0.4) is 0 Å². The van der Waals surface area contributed by atoms with Gasteiger partial charge in [-0.2, -0.15) is 0 Å². The molecule has 1 unspecified atom stereocenters. The molecule has 0 spiro atoms. The molecule has 3 N–H and O–H groups in total. The Morgan fingerprint density at radius 1 is 1.45 bits per heavy atom. The van der Waals surface area contributed by atoms with Gasteiger partial charge in [0.25, 0.3) is 0 Å². The third-order valence-corrected chi connectivity index (χ3v) is 4.73. The number of likely N-dealkylation sites (tertiary alicyclic amines) is 1. The molecule has 9 heteroatoms. The van der Waals surface area contributed by atoms with E-state index in [0.717, 1.165) is 4.90 Å². The maximum atomic E-state index is 12.1. The summed E-state index contributed by atoms with van der Waals surface area (Å²) in [7, 11) is -3.73. The lowest BCUT2D eigenvalue weighted by molar-refractivity contribution is -0.148. The van der Waals surface area contributed by atoms with Crippen molar-refractivity contribution in [2.45, 2.75) is 12.5 Å². The summed E-state index contributed by atoms with van der Waals surface area (Å²) in [6.45, 7) is 0.0114. The van der Waals surface area contributed by atoms with E-state index in [1.165, 1.54) is 12.1 Å². The molecule has 0 saturated carbocycles. The highest BCUT2D eigenvalue weighted by Crippen LogP contribution is 2.33. The minimum absolute atomic E-state index is 0.0114. The molecule has 0 radical (unpaired) electrons. The fraction of sp³-hybridized carbons (Fsp3) is 0.385. The van der Waals surface area contributed by atoms with Crippen molar-refractivity contribution >= 4 is 33.5 Å². The number of amides is 1. The van der Waals surface area contributed by atoms with Crippen molar-refractivity contribution in [3.05, 3.63) is 34.9 Å². The molecular weight excluding hydrogens is 332 g/mol. The molecule has 120 valence electrons. The summed E-state index contributed by atoms with van der Waals surface area (Å²) >= 11 is 6.01. The first-order chi connectivity index (χ1) is 10.2. The second-order valence-electron chi connectivity index (χ2n) is 5.21. The first-order valence-corrected chi connectivity index (χ1v) is 8.55. The van der Waals surface area contributed by atoms with Crippen LogP contribution in [0, 0.1) is 5.92 Å². The maximum absolute atomic E-state index is 12.1. The average Bonchev–Trinajstić information content (AvgIpc) is 2.70. The van der Waals surface area contributed by atoms with Crippen molar-refractivity contribution in [2.75, 3.05) is 12.3 Å². The molecule has 1 amide bonds. The Labute approximate surface area is 132 Å². The molecular formula is C13H15ClN2O5S. The zero-order chi connectivity index (χ0) is 16.5. The van der Waals surface area contributed by atoms with Crippen molar-refractivity contribution in [3.63, 3.8) is 0 Å². The standard InChI is InChI=1S/C13H15ClN2O5S/c14-10-4-2-1-3-9(10)12(13(18)19)16-6-8(5-11(16)17)7-22(15,20)21/h1-4,8,12H,5-7H2,(H,18,19)(H2,15,20,21)/t8?,12-/m1/s1. The fourth-order valence-electron chi connectivity index (χ4n) is 2.63. The van der Waals surface area contributed by atoms with E-state index in [1.54, 1.807) is 12.1 Å². The molecule has 2 rings (SSSR count). The van der Waals surface area contributed by atoms with Gasteiger partial charge in [-0.25, -0.2) is 18.4 Å². The van der Waals surface area contributed by atoms with Gasteiger partial charge in [0.1, 0.15) is 0 Å². The molecule has 7 nitrogen and oxygen atoms in total. The summed E-state index contributed by atoms with van der Waals surface area (Å²) in [4.78, 5) is 24.8. The quantitative estimate of drug-likeness (QED) is 0.809. The number of aliphatic carboxylic acids is 1. The largest absolute Gasteiger partial charge is 0.479 e. The molecule has 1 aromatic carbocycles. The lowest BCUT2D eigenvalue weighted by Crippen LogP contribution is -2.36. The number of carboxylic acids is 1. The van der Waals surface area contributed by atoms with Gasteiger partial charge in [-0.1, -0.05) is 29.8 Å². The van der Waals surface area contributed by atoms with E-state index < -0.39 is 33.9 Å². The number of nitrogens with zero attached hydrogens (tertiary/aromatic N) is 1. The Morgan fingerprint density at radius 3 is 2.64 bits per heavy atom. The average molecular weight is 347 g/mol. The maximum Gasteiger partial charge on any atom is 0.331 e. The van der Waals surface area contributed by atoms with Gasteiger partial charge in [-0.15, -0.1) is 0 Å². The zero-order valence-electron chi connectivity index (χ0n) is 11.5. The summed E-state index contributed by atoms with van der Waals surface area (Å²) in [5.41, 5.74) is 0.293. The van der Waals surface area contributed by atoms with Crippen molar-refractivity contribution in [1.82, 2.24) is 4.90 Å². The van der Waals surface area contributed by atoms with E-state index in [0.29, 0.717) is 5.56 Å². The van der Waals surface area contributed by atoms with Gasteiger partial charge in [0.05, 0.1) is 5.75 Å². The van der Waals surface area contributed by atoms with Gasteiger partial charge in [-0.3, -0.25) is 4.79 Å². The number of hydrogen-bond acceptors (Lipinski definition) is 4. The lowest BCUT2D eigenvalue weighted by Gasteiger charge is -2.25. The van der Waals surface area contributed by atoms with E-state index in [1.807, 2.05) is 0 Å². The highest BCUT2D eigenvalue weighted by atomic mass is 35.5. The molecule has 1 fully saturated rings. The van der Waals surface area contributed by atoms with Gasteiger partial charge < -0.3 is 10.0 Å². The van der Waals surface area contributed by atoms with Crippen LogP contribution in [-0.2, 0) is 19.6 Å². The predicted molar refractivity (Wildman–Crippen MR) is 79.6 cm³/mol. The number of carbonyl (C=O) groups excluding carboxylic acids is 1. The van der Waals surface area contributed by atoms with Crippen LogP contribution in [0.1, 0.15) is 18.0 Å². The zero-order valence-corrected chi connectivity index (χ0v) is 13.0. The number of halogens is 1. The molecule has 0 aliphatic carbocycles. The summed E-state index contributed by atoms with van der Waals surface area (Å²) < 4.78 is 22.3. The third-order valence-electron chi connectivity index (χ3n) is 3.45. The monoisotopic (exact) mass is 346 g/mol. The smallest absolute Gasteiger partial charge is 0.331 e. The Bertz CT molecular complexity index is 706. The number of hydrogen-bond donors (Lipinski definition) is 2. The van der Waals surface area contributed by atoms with Crippen LogP contribution < -0.4 is 5.14 Å². The summed E-state index contributed by atoms with van der Waals surface area (Å²) in [5, 5.41) is 14.7. The summed E-state index contributed by atoms with van der Waals surface area (Å²) in [5.74, 6) is -2.53. The number of nitrogens with two attached hydrogens (primary N) is 1. The summed E-state index contributed by atoms with van der Waals surface area (Å²) in [6.07, 6.45) is -0.0509. The molecule has 2 atom stereocenters. The van der Waals surface area contributed by atoms with Gasteiger partial charge in [-0.05, 0) is 6.07 Å². The highest BCUT2D eigenvalue weighted by molar-refractivity contribution is 7.89. The second-order valence-corrected chi connectivity index (χ2v) is 7.27. The number of carboxylic acid groups (broad SMARTS) is 1. The van der Waals surface area contributed by atoms with Crippen LogP contribution in [0.15, 0.2) is 24.3 Å². The minimum atomic E-state index is -3.73. The van der Waals surface area contributed by atoms with Crippen molar-refractivity contribution in [3.8, 4) is 0 Å². The van der Waals surface area contributed by atoms with Crippen LogP contribution in [0.2, 0.25) is 5.02 Å². The van der Waals surface area contributed by atoms with Gasteiger partial charge in [0.15, 0.2) is 6.04 Å². The molecule has 1 aromatic rings. The number of sulfonamides is 1. The Hall–Kier alpha value is -1.64. The molecule has 1 aliphatic rings. The molecule has 0 aromatic heterocycles. The molecule has 1 heterocycles. The molecule has 22 heavy (non-hydrogen) atoms. The highest BCUT2D eigenvalue weighted by Gasteiger charge is 2.40. The van der Waals surface area contributed by atoms with Crippen molar-refractivity contribution < 1.29 is 23.1 Å². The fourth-order valence-corrected chi connectivity index (χ4v) is 3.75. The first kappa shape index (κ1) is 16.7. The van der Waals surface area contributed by atoms with E-state index in [9.17, 15) is 23.1 Å². The van der Waals surface area contributed by atoms with Crippen LogP contribution in [0.25, 0.3) is 0 Å². The van der Waals surface area contributed by atoms with Gasteiger partial charge in [0, 0.05) is 29.5 Å². The first-order valence-electron chi connectivity index (χ1n) is 6.46. The van der Waals surface area contributed by atoms with Gasteiger partial charge in [0.2, 0.25) is 15.9 Å². The normalized spacial score (nSPS) is 20.2. The number of rotatable bonds is 5. The van der Waals surface area contributed by atoms with Crippen LogP contribution in [-0.4, -0.2) is 42.6 Å². The number of carbonyl (C=O) groups is 2. The van der Waals surface area contributed by atoms with E-state index in [-0.39, 0.29) is 23.7 Å². The second kappa shape index (κ2) is 6.23. The third kappa shape index (κ3) is 3.76. The van der Waals surface area contributed by atoms with Crippen molar-refractivity contribution in [2.24, 2.45) is 11.1 Å². The topological polar surface area (TPSA) is 118 Å². The van der Waals surface area contributed by atoms with Crippen LogP contribution in [0.4, 0.5) is 0 Å². The Morgan fingerprint density at radius 2 is 2.09 bits per heavy atom. The minimum Gasteiger partial charge on any atom is -0.479 e. The molecule has 0 bridgehead atoms. The number of benzene rings is 1. The van der Waals surface area contributed by atoms with E-state index in [2.05, 4.69) is 0 Å².